The molecule has 2 nitrogen and oxygen atoms in total. The summed E-state index contributed by atoms with van der Waals surface area (Å²) in [6, 6.07) is 7.33. The molecular formula is C13H7ClF3NO. The van der Waals surface area contributed by atoms with Crippen molar-refractivity contribution in [3.05, 3.63) is 64.4 Å². The Balaban J connectivity index is 2.56. The first-order chi connectivity index (χ1) is 8.89. The van der Waals surface area contributed by atoms with Gasteiger partial charge in [0.25, 0.3) is 0 Å². The van der Waals surface area contributed by atoms with E-state index in [9.17, 15) is 18.0 Å². The molecule has 0 spiro atoms. The maximum absolute atomic E-state index is 12.8. The number of carbonyl (C=O) groups is 1. The van der Waals surface area contributed by atoms with E-state index in [-0.39, 0.29) is 10.7 Å². The first kappa shape index (κ1) is 13.5. The molecule has 0 atom stereocenters. The fourth-order valence-electron chi connectivity index (χ4n) is 1.59. The average molecular weight is 286 g/mol. The first-order valence-corrected chi connectivity index (χ1v) is 5.60. The lowest BCUT2D eigenvalue weighted by atomic mass is 10.0. The Bertz CT molecular complexity index is 611. The molecule has 0 aliphatic carbocycles. The van der Waals surface area contributed by atoms with E-state index >= 15 is 0 Å². The standard InChI is InChI=1S/C13H7ClF3NO/c14-8-4-5-10(13(15,16)17)9(7-8)12(19)11-3-1-2-6-18-11/h1-7H. The summed E-state index contributed by atoms with van der Waals surface area (Å²) in [5.74, 6) is -0.810. The van der Waals surface area contributed by atoms with Crippen molar-refractivity contribution in [2.24, 2.45) is 0 Å². The summed E-state index contributed by atoms with van der Waals surface area (Å²) >= 11 is 5.66. The fraction of sp³-hybridized carbons (Fsp3) is 0.0769. The van der Waals surface area contributed by atoms with Gasteiger partial charge in [-0.25, -0.2) is 0 Å². The van der Waals surface area contributed by atoms with Crippen molar-refractivity contribution in [3.63, 3.8) is 0 Å². The maximum atomic E-state index is 12.8. The molecule has 98 valence electrons. The molecule has 6 heteroatoms. The topological polar surface area (TPSA) is 30.0 Å². The fourth-order valence-corrected chi connectivity index (χ4v) is 1.76. The highest BCUT2D eigenvalue weighted by atomic mass is 35.5. The Kier molecular flexibility index (Phi) is 3.57. The molecule has 19 heavy (non-hydrogen) atoms. The van der Waals surface area contributed by atoms with Gasteiger partial charge in [0.05, 0.1) is 5.56 Å². The molecule has 0 bridgehead atoms. The Labute approximate surface area is 111 Å². The molecule has 0 saturated heterocycles. The molecule has 0 unspecified atom stereocenters. The normalized spacial score (nSPS) is 11.4. The van der Waals surface area contributed by atoms with E-state index in [2.05, 4.69) is 4.98 Å². The van der Waals surface area contributed by atoms with Gasteiger partial charge < -0.3 is 0 Å². The van der Waals surface area contributed by atoms with Gasteiger partial charge in [-0.05, 0) is 30.3 Å². The van der Waals surface area contributed by atoms with Crippen LogP contribution in [-0.4, -0.2) is 10.8 Å². The predicted molar refractivity (Wildman–Crippen MR) is 64.1 cm³/mol. The van der Waals surface area contributed by atoms with Gasteiger partial charge in [-0.1, -0.05) is 17.7 Å². The molecule has 1 aromatic heterocycles. The van der Waals surface area contributed by atoms with E-state index < -0.39 is 23.1 Å². The van der Waals surface area contributed by atoms with Gasteiger partial charge in [-0.3, -0.25) is 9.78 Å². The molecule has 1 heterocycles. The van der Waals surface area contributed by atoms with E-state index in [0.717, 1.165) is 18.2 Å². The second kappa shape index (κ2) is 5.01. The number of aromatic nitrogens is 1. The van der Waals surface area contributed by atoms with Gasteiger partial charge in [0, 0.05) is 16.8 Å². The number of hydrogen-bond acceptors (Lipinski definition) is 2. The highest BCUT2D eigenvalue weighted by molar-refractivity contribution is 6.31. The van der Waals surface area contributed by atoms with Gasteiger partial charge in [-0.2, -0.15) is 13.2 Å². The predicted octanol–water partition coefficient (Wildman–Crippen LogP) is 3.98. The minimum atomic E-state index is -4.62. The molecule has 1 aromatic carbocycles. The van der Waals surface area contributed by atoms with Crippen LogP contribution in [0, 0.1) is 0 Å². The number of rotatable bonds is 2. The molecule has 2 rings (SSSR count). The molecule has 0 aliphatic heterocycles. The van der Waals surface area contributed by atoms with E-state index in [4.69, 9.17) is 11.6 Å². The van der Waals surface area contributed by atoms with E-state index in [1.807, 2.05) is 0 Å². The average Bonchev–Trinajstić information content (AvgIpc) is 2.37. The Hall–Kier alpha value is -1.88. The van der Waals surface area contributed by atoms with Crippen LogP contribution in [0.3, 0.4) is 0 Å². The summed E-state index contributed by atoms with van der Waals surface area (Å²) in [5, 5.41) is 0.0623. The van der Waals surface area contributed by atoms with Crippen LogP contribution in [0.1, 0.15) is 21.6 Å². The quantitative estimate of drug-likeness (QED) is 0.781. The molecule has 0 amide bonds. The SMILES string of the molecule is O=C(c1ccccn1)c1cc(Cl)ccc1C(F)(F)F. The zero-order chi connectivity index (χ0) is 14.0. The van der Waals surface area contributed by atoms with Crippen LogP contribution in [0.25, 0.3) is 0 Å². The molecule has 2 aromatic rings. The number of alkyl halides is 3. The van der Waals surface area contributed by atoms with Crippen molar-refractivity contribution in [2.45, 2.75) is 6.18 Å². The number of halogens is 4. The van der Waals surface area contributed by atoms with E-state index in [1.165, 1.54) is 18.3 Å². The number of benzene rings is 1. The van der Waals surface area contributed by atoms with Crippen molar-refractivity contribution in [2.75, 3.05) is 0 Å². The van der Waals surface area contributed by atoms with Gasteiger partial charge in [0.2, 0.25) is 5.78 Å². The minimum absolute atomic E-state index is 0.0599. The molecule has 0 fully saturated rings. The van der Waals surface area contributed by atoms with Crippen LogP contribution >= 0.6 is 11.6 Å². The Morgan fingerprint density at radius 1 is 1.16 bits per heavy atom. The third-order valence-electron chi connectivity index (χ3n) is 2.43. The molecule has 0 N–H and O–H groups in total. The summed E-state index contributed by atoms with van der Waals surface area (Å²) in [4.78, 5) is 15.8. The van der Waals surface area contributed by atoms with Crippen molar-refractivity contribution < 1.29 is 18.0 Å². The molecule has 0 saturated carbocycles. The van der Waals surface area contributed by atoms with Gasteiger partial charge in [0.15, 0.2) is 0 Å². The Morgan fingerprint density at radius 3 is 2.47 bits per heavy atom. The third-order valence-corrected chi connectivity index (χ3v) is 2.66. The molecular weight excluding hydrogens is 279 g/mol. The van der Waals surface area contributed by atoms with Crippen molar-refractivity contribution >= 4 is 17.4 Å². The zero-order valence-corrected chi connectivity index (χ0v) is 10.2. The highest BCUT2D eigenvalue weighted by Crippen LogP contribution is 2.34. The van der Waals surface area contributed by atoms with Crippen LogP contribution in [0.2, 0.25) is 5.02 Å². The number of pyridine rings is 1. The number of ketones is 1. The molecule has 0 aliphatic rings. The lowest BCUT2D eigenvalue weighted by Gasteiger charge is -2.12. The number of carbonyl (C=O) groups excluding carboxylic acids is 1. The highest BCUT2D eigenvalue weighted by Gasteiger charge is 2.35. The summed E-state index contributed by atoms with van der Waals surface area (Å²) in [6.07, 6.45) is -3.28. The van der Waals surface area contributed by atoms with E-state index in [0.29, 0.717) is 0 Å². The van der Waals surface area contributed by atoms with Crippen LogP contribution in [0.5, 0.6) is 0 Å². The van der Waals surface area contributed by atoms with Crippen LogP contribution in [-0.2, 0) is 6.18 Å². The lowest BCUT2D eigenvalue weighted by molar-refractivity contribution is -0.137. The second-order valence-electron chi connectivity index (χ2n) is 3.73. The Morgan fingerprint density at radius 2 is 1.89 bits per heavy atom. The summed E-state index contributed by atoms with van der Waals surface area (Å²) in [7, 11) is 0. The second-order valence-corrected chi connectivity index (χ2v) is 4.17. The minimum Gasteiger partial charge on any atom is -0.287 e. The van der Waals surface area contributed by atoms with Crippen molar-refractivity contribution in [3.8, 4) is 0 Å². The van der Waals surface area contributed by atoms with Gasteiger partial charge in [0.1, 0.15) is 5.69 Å². The summed E-state index contributed by atoms with van der Waals surface area (Å²) < 4.78 is 38.5. The smallest absolute Gasteiger partial charge is 0.287 e. The zero-order valence-electron chi connectivity index (χ0n) is 9.41. The van der Waals surface area contributed by atoms with Gasteiger partial charge >= 0.3 is 6.18 Å². The largest absolute Gasteiger partial charge is 0.417 e. The summed E-state index contributed by atoms with van der Waals surface area (Å²) in [6.45, 7) is 0. The maximum Gasteiger partial charge on any atom is 0.417 e. The van der Waals surface area contributed by atoms with Crippen LogP contribution < -0.4 is 0 Å². The van der Waals surface area contributed by atoms with Crippen LogP contribution in [0.4, 0.5) is 13.2 Å². The van der Waals surface area contributed by atoms with Crippen LogP contribution in [0.15, 0.2) is 42.6 Å². The van der Waals surface area contributed by atoms with Crippen molar-refractivity contribution in [1.29, 1.82) is 0 Å². The van der Waals surface area contributed by atoms with Gasteiger partial charge in [-0.15, -0.1) is 0 Å². The number of nitrogens with zero attached hydrogens (tertiary/aromatic N) is 1. The van der Waals surface area contributed by atoms with E-state index in [1.54, 1.807) is 6.07 Å². The third kappa shape index (κ3) is 2.93. The lowest BCUT2D eigenvalue weighted by Crippen LogP contribution is -2.14. The molecule has 0 radical (unpaired) electrons. The summed E-state index contributed by atoms with van der Waals surface area (Å²) in [5.41, 5.74) is -1.58. The number of hydrogen-bond donors (Lipinski definition) is 0. The first-order valence-electron chi connectivity index (χ1n) is 5.22. The van der Waals surface area contributed by atoms with Crippen molar-refractivity contribution in [1.82, 2.24) is 4.98 Å². The monoisotopic (exact) mass is 285 g/mol.